The van der Waals surface area contributed by atoms with Crippen LogP contribution in [0.25, 0.3) is 0 Å². The van der Waals surface area contributed by atoms with Gasteiger partial charge in [0.1, 0.15) is 0 Å². The van der Waals surface area contributed by atoms with Crippen molar-refractivity contribution in [2.75, 3.05) is 17.7 Å². The minimum atomic E-state index is -0.289. The highest BCUT2D eigenvalue weighted by atomic mass is 35.5. The van der Waals surface area contributed by atoms with Crippen molar-refractivity contribution in [1.82, 2.24) is 0 Å². The molecule has 120 valence electrons. The Bertz CT molecular complexity index is 714. The van der Waals surface area contributed by atoms with Gasteiger partial charge in [0.15, 0.2) is 0 Å². The SMILES string of the molecule is COCc1ccc(C(=O)Nc2cc(Cl)ccc2NC(C)=O)cc1. The van der Waals surface area contributed by atoms with Crippen molar-refractivity contribution in [3.8, 4) is 0 Å². The Balaban J connectivity index is 2.18. The van der Waals surface area contributed by atoms with Gasteiger partial charge in [-0.2, -0.15) is 0 Å². The summed E-state index contributed by atoms with van der Waals surface area (Å²) in [5, 5.41) is 5.87. The highest BCUT2D eigenvalue weighted by molar-refractivity contribution is 6.31. The lowest BCUT2D eigenvalue weighted by Gasteiger charge is -2.12. The first-order valence-electron chi connectivity index (χ1n) is 6.96. The number of carbonyl (C=O) groups is 2. The molecule has 0 unspecified atom stereocenters. The molecule has 0 saturated heterocycles. The van der Waals surface area contributed by atoms with Crippen molar-refractivity contribution < 1.29 is 14.3 Å². The number of nitrogens with one attached hydrogen (secondary N) is 2. The molecule has 0 bridgehead atoms. The summed E-state index contributed by atoms with van der Waals surface area (Å²) < 4.78 is 5.03. The van der Waals surface area contributed by atoms with Gasteiger partial charge in [0.25, 0.3) is 5.91 Å². The topological polar surface area (TPSA) is 67.4 Å². The number of rotatable bonds is 5. The zero-order chi connectivity index (χ0) is 16.8. The number of anilines is 2. The van der Waals surface area contributed by atoms with Crippen molar-refractivity contribution in [2.24, 2.45) is 0 Å². The Kier molecular flexibility index (Phi) is 5.73. The first kappa shape index (κ1) is 17.0. The van der Waals surface area contributed by atoms with Gasteiger partial charge < -0.3 is 15.4 Å². The third-order valence-corrected chi connectivity index (χ3v) is 3.30. The van der Waals surface area contributed by atoms with E-state index in [9.17, 15) is 9.59 Å². The molecule has 2 aromatic carbocycles. The minimum absolute atomic E-state index is 0.230. The summed E-state index contributed by atoms with van der Waals surface area (Å²) in [7, 11) is 1.61. The van der Waals surface area contributed by atoms with Gasteiger partial charge in [0.2, 0.25) is 5.91 Å². The van der Waals surface area contributed by atoms with Gasteiger partial charge >= 0.3 is 0 Å². The molecular weight excluding hydrogens is 316 g/mol. The molecule has 2 N–H and O–H groups in total. The van der Waals surface area contributed by atoms with Crippen molar-refractivity contribution in [2.45, 2.75) is 13.5 Å². The van der Waals surface area contributed by atoms with E-state index >= 15 is 0 Å². The summed E-state index contributed by atoms with van der Waals surface area (Å²) in [5.41, 5.74) is 2.41. The molecule has 0 aliphatic heterocycles. The van der Waals surface area contributed by atoms with E-state index in [1.807, 2.05) is 12.1 Å². The Morgan fingerprint density at radius 2 is 1.74 bits per heavy atom. The summed E-state index contributed by atoms with van der Waals surface area (Å²) in [5.74, 6) is -0.519. The normalized spacial score (nSPS) is 10.2. The van der Waals surface area contributed by atoms with Crippen LogP contribution in [0.2, 0.25) is 5.02 Å². The fourth-order valence-electron chi connectivity index (χ4n) is 2.03. The summed E-state index contributed by atoms with van der Waals surface area (Å²) in [6.07, 6.45) is 0. The van der Waals surface area contributed by atoms with E-state index in [-0.39, 0.29) is 11.8 Å². The second kappa shape index (κ2) is 7.76. The van der Waals surface area contributed by atoms with E-state index in [1.165, 1.54) is 6.92 Å². The van der Waals surface area contributed by atoms with E-state index in [0.29, 0.717) is 28.6 Å². The molecule has 0 heterocycles. The largest absolute Gasteiger partial charge is 0.380 e. The Hall–Kier alpha value is -2.37. The third kappa shape index (κ3) is 4.81. The molecule has 0 spiro atoms. The molecule has 0 aliphatic carbocycles. The summed E-state index contributed by atoms with van der Waals surface area (Å²) >= 11 is 5.96. The van der Waals surface area contributed by atoms with Crippen LogP contribution in [0.1, 0.15) is 22.8 Å². The number of amides is 2. The molecule has 0 saturated carbocycles. The maximum Gasteiger partial charge on any atom is 0.255 e. The maximum absolute atomic E-state index is 12.3. The number of methoxy groups -OCH3 is 1. The summed E-state index contributed by atoms with van der Waals surface area (Å²) in [6.45, 7) is 1.89. The molecule has 0 fully saturated rings. The number of ether oxygens (including phenoxy) is 1. The molecule has 5 nitrogen and oxygen atoms in total. The Morgan fingerprint density at radius 3 is 2.35 bits per heavy atom. The van der Waals surface area contributed by atoms with Crippen LogP contribution in [0.15, 0.2) is 42.5 Å². The summed E-state index contributed by atoms with van der Waals surface area (Å²) in [4.78, 5) is 23.6. The predicted octanol–water partition coefficient (Wildman–Crippen LogP) is 3.70. The first-order valence-corrected chi connectivity index (χ1v) is 7.34. The van der Waals surface area contributed by atoms with Gasteiger partial charge in [-0.1, -0.05) is 23.7 Å². The lowest BCUT2D eigenvalue weighted by molar-refractivity contribution is -0.114. The molecular formula is C17H17ClN2O3. The first-order chi connectivity index (χ1) is 11.0. The van der Waals surface area contributed by atoms with Crippen LogP contribution < -0.4 is 10.6 Å². The van der Waals surface area contributed by atoms with Crippen molar-refractivity contribution in [1.29, 1.82) is 0 Å². The van der Waals surface area contributed by atoms with Crippen molar-refractivity contribution in [3.63, 3.8) is 0 Å². The zero-order valence-electron chi connectivity index (χ0n) is 12.9. The van der Waals surface area contributed by atoms with E-state index < -0.39 is 0 Å². The molecule has 6 heteroatoms. The smallest absolute Gasteiger partial charge is 0.255 e. The van der Waals surface area contributed by atoms with Crippen LogP contribution in [0.5, 0.6) is 0 Å². The second-order valence-corrected chi connectivity index (χ2v) is 5.39. The molecule has 2 aromatic rings. The van der Waals surface area contributed by atoms with Crippen LogP contribution >= 0.6 is 11.6 Å². The minimum Gasteiger partial charge on any atom is -0.380 e. The standard InChI is InChI=1S/C17H17ClN2O3/c1-11(21)19-15-8-7-14(18)9-16(15)20-17(22)13-5-3-12(4-6-13)10-23-2/h3-9H,10H2,1-2H3,(H,19,21)(H,20,22). The number of benzene rings is 2. The van der Waals surface area contributed by atoms with Crippen molar-refractivity contribution in [3.05, 3.63) is 58.6 Å². The van der Waals surface area contributed by atoms with Gasteiger partial charge in [-0.15, -0.1) is 0 Å². The van der Waals surface area contributed by atoms with Gasteiger partial charge in [0, 0.05) is 24.6 Å². The molecule has 0 aliphatic rings. The molecule has 2 rings (SSSR count). The molecule has 2 amide bonds. The molecule has 0 radical (unpaired) electrons. The number of hydrogen-bond acceptors (Lipinski definition) is 3. The van der Waals surface area contributed by atoms with E-state index in [1.54, 1.807) is 37.4 Å². The van der Waals surface area contributed by atoms with E-state index in [0.717, 1.165) is 5.56 Å². The van der Waals surface area contributed by atoms with Crippen LogP contribution in [0.3, 0.4) is 0 Å². The van der Waals surface area contributed by atoms with Gasteiger partial charge in [-0.05, 0) is 35.9 Å². The van der Waals surface area contributed by atoms with Crippen molar-refractivity contribution >= 4 is 34.8 Å². The zero-order valence-corrected chi connectivity index (χ0v) is 13.6. The van der Waals surface area contributed by atoms with Gasteiger partial charge in [-0.25, -0.2) is 0 Å². The van der Waals surface area contributed by atoms with Gasteiger partial charge in [0.05, 0.1) is 18.0 Å². The number of hydrogen-bond donors (Lipinski definition) is 2. The summed E-state index contributed by atoms with van der Waals surface area (Å²) in [6, 6.07) is 11.9. The highest BCUT2D eigenvalue weighted by Crippen LogP contribution is 2.26. The van der Waals surface area contributed by atoms with Crippen LogP contribution in [0.4, 0.5) is 11.4 Å². The maximum atomic E-state index is 12.3. The van der Waals surface area contributed by atoms with E-state index in [4.69, 9.17) is 16.3 Å². The van der Waals surface area contributed by atoms with E-state index in [2.05, 4.69) is 10.6 Å². The fourth-order valence-corrected chi connectivity index (χ4v) is 2.20. The average molecular weight is 333 g/mol. The van der Waals surface area contributed by atoms with Gasteiger partial charge in [-0.3, -0.25) is 9.59 Å². The number of halogens is 1. The average Bonchev–Trinajstić information content (AvgIpc) is 2.50. The lowest BCUT2D eigenvalue weighted by Crippen LogP contribution is -2.15. The quantitative estimate of drug-likeness (QED) is 0.877. The van der Waals surface area contributed by atoms with Crippen LogP contribution in [0, 0.1) is 0 Å². The number of carbonyl (C=O) groups excluding carboxylic acids is 2. The predicted molar refractivity (Wildman–Crippen MR) is 90.9 cm³/mol. The molecule has 23 heavy (non-hydrogen) atoms. The highest BCUT2D eigenvalue weighted by Gasteiger charge is 2.11. The Labute approximate surface area is 139 Å². The lowest BCUT2D eigenvalue weighted by atomic mass is 10.1. The monoisotopic (exact) mass is 332 g/mol. The van der Waals surface area contributed by atoms with Crippen LogP contribution in [-0.2, 0) is 16.1 Å². The molecule has 0 aromatic heterocycles. The van der Waals surface area contributed by atoms with Crippen LogP contribution in [-0.4, -0.2) is 18.9 Å². The fraction of sp³-hybridized carbons (Fsp3) is 0.176. The Morgan fingerprint density at radius 1 is 1.04 bits per heavy atom. The second-order valence-electron chi connectivity index (χ2n) is 4.96. The molecule has 0 atom stereocenters. The third-order valence-electron chi connectivity index (χ3n) is 3.07.